The third kappa shape index (κ3) is 4.99. The average molecular weight is 445 g/mol. The summed E-state index contributed by atoms with van der Waals surface area (Å²) in [6.07, 6.45) is 0. The Bertz CT molecular complexity index is 996. The highest BCUT2D eigenvalue weighted by Crippen LogP contribution is 2.35. The molecule has 0 aliphatic rings. The second-order valence-electron chi connectivity index (χ2n) is 6.36. The molecular formula is C22H21ClN2O4S. The number of nitrogens with zero attached hydrogens (tertiary/aromatic N) is 1. The van der Waals surface area contributed by atoms with Gasteiger partial charge in [-0.25, -0.2) is 0 Å². The van der Waals surface area contributed by atoms with Crippen molar-refractivity contribution >= 4 is 40.4 Å². The van der Waals surface area contributed by atoms with Crippen molar-refractivity contribution in [3.05, 3.63) is 81.5 Å². The number of carbonyl (C=O) groups is 2. The lowest BCUT2D eigenvalue weighted by atomic mass is 10.1. The lowest BCUT2D eigenvalue weighted by Gasteiger charge is -2.30. The highest BCUT2D eigenvalue weighted by atomic mass is 35.5. The van der Waals surface area contributed by atoms with Crippen LogP contribution < -0.4 is 15.0 Å². The van der Waals surface area contributed by atoms with Crippen molar-refractivity contribution in [1.29, 1.82) is 0 Å². The zero-order valence-corrected chi connectivity index (χ0v) is 17.8. The Morgan fingerprint density at radius 1 is 1.17 bits per heavy atom. The molecule has 0 saturated heterocycles. The van der Waals surface area contributed by atoms with E-state index in [0.29, 0.717) is 27.9 Å². The number of thiophene rings is 1. The smallest absolute Gasteiger partial charge is 0.253 e. The molecule has 0 saturated carbocycles. The van der Waals surface area contributed by atoms with Crippen molar-refractivity contribution in [2.75, 3.05) is 18.6 Å². The minimum Gasteiger partial charge on any atom is -0.495 e. The fourth-order valence-corrected chi connectivity index (χ4v) is 4.09. The monoisotopic (exact) mass is 444 g/mol. The lowest BCUT2D eigenvalue weighted by molar-refractivity contribution is -0.127. The van der Waals surface area contributed by atoms with E-state index in [2.05, 4.69) is 5.32 Å². The molecule has 3 aromatic rings. The van der Waals surface area contributed by atoms with Gasteiger partial charge >= 0.3 is 0 Å². The van der Waals surface area contributed by atoms with Gasteiger partial charge in [-0.1, -0.05) is 48.0 Å². The summed E-state index contributed by atoms with van der Waals surface area (Å²) in [6.45, 7) is -0.441. The Morgan fingerprint density at radius 3 is 2.53 bits per heavy atom. The average Bonchev–Trinajstić information content (AvgIpc) is 3.30. The Hall–Kier alpha value is -2.87. The zero-order valence-electron chi connectivity index (χ0n) is 16.2. The predicted octanol–water partition coefficient (Wildman–Crippen LogP) is 3.79. The van der Waals surface area contributed by atoms with Crippen LogP contribution in [0.25, 0.3) is 0 Å². The summed E-state index contributed by atoms with van der Waals surface area (Å²) in [5.41, 5.74) is 1.32. The summed E-state index contributed by atoms with van der Waals surface area (Å²) in [5.74, 6) is -0.544. The molecule has 3 rings (SSSR count). The minimum atomic E-state index is -0.960. The third-order valence-electron chi connectivity index (χ3n) is 4.45. The first-order chi connectivity index (χ1) is 14.5. The van der Waals surface area contributed by atoms with Crippen LogP contribution in [0.4, 0.5) is 5.69 Å². The Labute approximate surface area is 183 Å². The van der Waals surface area contributed by atoms with E-state index in [9.17, 15) is 14.7 Å². The van der Waals surface area contributed by atoms with E-state index < -0.39 is 18.6 Å². The number of nitrogens with one attached hydrogen (secondary N) is 1. The standard InChI is InChI=1S/C22H21ClN2O4S/c1-29-18-10-9-16(12-17(18)23)25(20(27)14-26)21(19-8-5-11-30-19)22(28)24-13-15-6-3-2-4-7-15/h2-12,21,26H,13-14H2,1H3,(H,24,28). The number of hydrogen-bond donors (Lipinski definition) is 2. The van der Waals surface area contributed by atoms with Crippen LogP contribution in [-0.4, -0.2) is 30.6 Å². The topological polar surface area (TPSA) is 78.9 Å². The third-order valence-corrected chi connectivity index (χ3v) is 5.67. The molecule has 1 aromatic heterocycles. The van der Waals surface area contributed by atoms with E-state index in [-0.39, 0.29) is 5.91 Å². The number of aliphatic hydroxyl groups excluding tert-OH is 1. The summed E-state index contributed by atoms with van der Waals surface area (Å²) < 4.78 is 5.17. The normalized spacial score (nSPS) is 11.6. The number of amides is 2. The van der Waals surface area contributed by atoms with Crippen molar-refractivity contribution in [3.8, 4) is 5.75 Å². The molecule has 156 valence electrons. The van der Waals surface area contributed by atoms with Gasteiger partial charge in [0.2, 0.25) is 5.91 Å². The van der Waals surface area contributed by atoms with Crippen LogP contribution in [0.5, 0.6) is 5.75 Å². The maximum absolute atomic E-state index is 13.2. The van der Waals surface area contributed by atoms with Gasteiger partial charge in [-0.2, -0.15) is 0 Å². The van der Waals surface area contributed by atoms with Crippen molar-refractivity contribution in [2.24, 2.45) is 0 Å². The molecule has 0 fully saturated rings. The number of carbonyl (C=O) groups excluding carboxylic acids is 2. The van der Waals surface area contributed by atoms with Crippen LogP contribution in [0.1, 0.15) is 16.5 Å². The van der Waals surface area contributed by atoms with Crippen molar-refractivity contribution < 1.29 is 19.4 Å². The maximum Gasteiger partial charge on any atom is 0.253 e. The van der Waals surface area contributed by atoms with Crippen LogP contribution in [-0.2, 0) is 16.1 Å². The lowest BCUT2D eigenvalue weighted by Crippen LogP contribution is -2.44. The summed E-state index contributed by atoms with van der Waals surface area (Å²) in [4.78, 5) is 27.9. The molecule has 2 N–H and O–H groups in total. The highest BCUT2D eigenvalue weighted by Gasteiger charge is 2.33. The van der Waals surface area contributed by atoms with Crippen LogP contribution in [0.3, 0.4) is 0 Å². The maximum atomic E-state index is 13.2. The number of methoxy groups -OCH3 is 1. The van der Waals surface area contributed by atoms with Gasteiger partial charge < -0.3 is 15.2 Å². The number of hydrogen-bond acceptors (Lipinski definition) is 5. The number of aliphatic hydroxyl groups is 1. The van der Waals surface area contributed by atoms with E-state index in [0.717, 1.165) is 5.56 Å². The summed E-state index contributed by atoms with van der Waals surface area (Å²) in [7, 11) is 1.49. The molecule has 30 heavy (non-hydrogen) atoms. The first-order valence-electron chi connectivity index (χ1n) is 9.16. The van der Waals surface area contributed by atoms with E-state index >= 15 is 0 Å². The van der Waals surface area contributed by atoms with Crippen molar-refractivity contribution in [2.45, 2.75) is 12.6 Å². The molecule has 0 aliphatic heterocycles. The molecule has 0 radical (unpaired) electrons. The van der Waals surface area contributed by atoms with Gasteiger partial charge in [0.05, 0.1) is 12.1 Å². The molecule has 6 nitrogen and oxygen atoms in total. The number of halogens is 1. The molecule has 1 atom stereocenters. The van der Waals surface area contributed by atoms with Gasteiger partial charge in [-0.3, -0.25) is 14.5 Å². The van der Waals surface area contributed by atoms with Gasteiger partial charge in [0.1, 0.15) is 18.4 Å². The zero-order chi connectivity index (χ0) is 21.5. The molecule has 1 unspecified atom stereocenters. The Morgan fingerprint density at radius 2 is 1.93 bits per heavy atom. The number of benzene rings is 2. The first-order valence-corrected chi connectivity index (χ1v) is 10.4. The molecule has 0 bridgehead atoms. The number of rotatable bonds is 8. The summed E-state index contributed by atoms with van der Waals surface area (Å²) >= 11 is 7.60. The fourth-order valence-electron chi connectivity index (χ4n) is 3.02. The molecular weight excluding hydrogens is 424 g/mol. The quantitative estimate of drug-likeness (QED) is 0.554. The number of ether oxygens (including phenoxy) is 1. The van der Waals surface area contributed by atoms with Gasteiger partial charge in [-0.15, -0.1) is 11.3 Å². The van der Waals surface area contributed by atoms with Crippen molar-refractivity contribution in [3.63, 3.8) is 0 Å². The van der Waals surface area contributed by atoms with Crippen LogP contribution in [0.2, 0.25) is 5.02 Å². The van der Waals surface area contributed by atoms with Gasteiger partial charge in [-0.05, 0) is 35.2 Å². The van der Waals surface area contributed by atoms with Crippen LogP contribution in [0, 0.1) is 0 Å². The second kappa shape index (κ2) is 10.2. The van der Waals surface area contributed by atoms with Gasteiger partial charge in [0.15, 0.2) is 0 Å². The summed E-state index contributed by atoms with van der Waals surface area (Å²) in [6, 6.07) is 16.9. The van der Waals surface area contributed by atoms with Crippen molar-refractivity contribution in [1.82, 2.24) is 5.32 Å². The van der Waals surface area contributed by atoms with Gasteiger partial charge in [0, 0.05) is 17.1 Å². The largest absolute Gasteiger partial charge is 0.495 e. The van der Waals surface area contributed by atoms with Crippen LogP contribution >= 0.6 is 22.9 Å². The Balaban J connectivity index is 1.97. The molecule has 8 heteroatoms. The molecule has 0 aliphatic carbocycles. The highest BCUT2D eigenvalue weighted by molar-refractivity contribution is 7.10. The molecule has 0 spiro atoms. The summed E-state index contributed by atoms with van der Waals surface area (Å²) in [5, 5.41) is 14.6. The van der Waals surface area contributed by atoms with E-state index in [1.807, 2.05) is 35.7 Å². The van der Waals surface area contributed by atoms with E-state index in [4.69, 9.17) is 16.3 Å². The van der Waals surface area contributed by atoms with Gasteiger partial charge in [0.25, 0.3) is 5.91 Å². The first kappa shape index (κ1) is 21.8. The number of anilines is 1. The van der Waals surface area contributed by atoms with E-state index in [1.165, 1.54) is 23.3 Å². The second-order valence-corrected chi connectivity index (χ2v) is 7.75. The SMILES string of the molecule is COc1ccc(N(C(=O)CO)C(C(=O)NCc2ccccc2)c2cccs2)cc1Cl. The fraction of sp³-hybridized carbons (Fsp3) is 0.182. The van der Waals surface area contributed by atoms with E-state index in [1.54, 1.807) is 30.3 Å². The Kier molecular flexibility index (Phi) is 7.46. The van der Waals surface area contributed by atoms with Crippen LogP contribution in [0.15, 0.2) is 66.0 Å². The predicted molar refractivity (Wildman–Crippen MR) is 118 cm³/mol. The molecule has 2 amide bonds. The molecule has 2 aromatic carbocycles. The molecule has 1 heterocycles. The minimum absolute atomic E-state index is 0.292.